The Morgan fingerprint density at radius 2 is 1.96 bits per heavy atom. The van der Waals surface area contributed by atoms with E-state index in [9.17, 15) is 9.18 Å². The van der Waals surface area contributed by atoms with E-state index in [0.717, 1.165) is 5.69 Å². The van der Waals surface area contributed by atoms with Crippen molar-refractivity contribution in [2.75, 3.05) is 24.5 Å². The number of piperazine rings is 1. The molecular formula is C19H19FN6O. The summed E-state index contributed by atoms with van der Waals surface area (Å²) in [6, 6.07) is 12.7. The standard InChI is InChI=1S/C19H19FN6O/c1-14-12-24(9-10-25(14)18-8-7-15(20)11-21-18)19(27)17-13-26(23-22-17)16-5-3-2-4-6-16/h2-8,11,13-14H,9-10,12H2,1H3. The van der Waals surface area contributed by atoms with Crippen LogP contribution < -0.4 is 4.90 Å². The third-order valence-corrected chi connectivity index (χ3v) is 4.65. The van der Waals surface area contributed by atoms with Crippen molar-refractivity contribution in [3.05, 3.63) is 66.4 Å². The zero-order valence-corrected chi connectivity index (χ0v) is 14.9. The van der Waals surface area contributed by atoms with Gasteiger partial charge in [0.05, 0.1) is 18.1 Å². The maximum atomic E-state index is 13.1. The van der Waals surface area contributed by atoms with Crippen molar-refractivity contribution in [1.82, 2.24) is 24.9 Å². The highest BCUT2D eigenvalue weighted by Gasteiger charge is 2.29. The van der Waals surface area contributed by atoms with E-state index in [2.05, 4.69) is 20.2 Å². The Balaban J connectivity index is 1.45. The topological polar surface area (TPSA) is 67.2 Å². The average Bonchev–Trinajstić information content (AvgIpc) is 3.19. The zero-order valence-electron chi connectivity index (χ0n) is 14.9. The second-order valence-corrected chi connectivity index (χ2v) is 6.51. The van der Waals surface area contributed by atoms with Crippen molar-refractivity contribution < 1.29 is 9.18 Å². The van der Waals surface area contributed by atoms with Gasteiger partial charge < -0.3 is 9.80 Å². The van der Waals surface area contributed by atoms with Crippen molar-refractivity contribution in [1.29, 1.82) is 0 Å². The highest BCUT2D eigenvalue weighted by atomic mass is 19.1. The summed E-state index contributed by atoms with van der Waals surface area (Å²) in [4.78, 5) is 20.8. The van der Waals surface area contributed by atoms with Crippen LogP contribution in [0.5, 0.6) is 0 Å². The number of pyridine rings is 1. The molecule has 8 heteroatoms. The lowest BCUT2D eigenvalue weighted by atomic mass is 10.1. The molecule has 3 heterocycles. The van der Waals surface area contributed by atoms with Gasteiger partial charge in [-0.1, -0.05) is 23.4 Å². The van der Waals surface area contributed by atoms with Crippen LogP contribution in [0, 0.1) is 5.82 Å². The Morgan fingerprint density at radius 3 is 2.67 bits per heavy atom. The number of anilines is 1. The van der Waals surface area contributed by atoms with Crippen LogP contribution in [0.4, 0.5) is 10.2 Å². The molecule has 1 aliphatic heterocycles. The summed E-state index contributed by atoms with van der Waals surface area (Å²) in [5.41, 5.74) is 1.17. The molecule has 0 spiro atoms. The minimum absolute atomic E-state index is 0.0600. The van der Waals surface area contributed by atoms with Crippen LogP contribution in [0.1, 0.15) is 17.4 Å². The van der Waals surface area contributed by atoms with Gasteiger partial charge in [-0.2, -0.15) is 0 Å². The van der Waals surface area contributed by atoms with E-state index in [1.165, 1.54) is 12.3 Å². The maximum Gasteiger partial charge on any atom is 0.276 e. The first kappa shape index (κ1) is 17.1. The van der Waals surface area contributed by atoms with Crippen LogP contribution in [0.25, 0.3) is 5.69 Å². The molecule has 0 N–H and O–H groups in total. The Hall–Kier alpha value is -3.29. The second kappa shape index (κ2) is 7.14. The number of rotatable bonds is 3. The molecular weight excluding hydrogens is 347 g/mol. The monoisotopic (exact) mass is 366 g/mol. The SMILES string of the molecule is CC1CN(C(=O)c2cn(-c3ccccc3)nn2)CCN1c1ccc(F)cn1. The van der Waals surface area contributed by atoms with Gasteiger partial charge in [-0.15, -0.1) is 5.10 Å². The third kappa shape index (κ3) is 3.51. The molecule has 1 atom stereocenters. The first-order valence-corrected chi connectivity index (χ1v) is 8.77. The molecule has 0 saturated carbocycles. The second-order valence-electron chi connectivity index (χ2n) is 6.51. The molecule has 3 aromatic rings. The van der Waals surface area contributed by atoms with E-state index in [4.69, 9.17) is 0 Å². The van der Waals surface area contributed by atoms with Gasteiger partial charge in [-0.25, -0.2) is 14.1 Å². The lowest BCUT2D eigenvalue weighted by molar-refractivity contribution is 0.0720. The molecule has 1 amide bonds. The fourth-order valence-electron chi connectivity index (χ4n) is 3.25. The van der Waals surface area contributed by atoms with Gasteiger partial charge in [0.2, 0.25) is 0 Å². The number of halogens is 1. The van der Waals surface area contributed by atoms with E-state index in [0.29, 0.717) is 31.1 Å². The zero-order chi connectivity index (χ0) is 18.8. The lowest BCUT2D eigenvalue weighted by Crippen LogP contribution is -2.54. The first-order chi connectivity index (χ1) is 13.1. The summed E-state index contributed by atoms with van der Waals surface area (Å²) < 4.78 is 14.7. The Bertz CT molecular complexity index is 927. The molecule has 4 rings (SSSR count). The summed E-state index contributed by atoms with van der Waals surface area (Å²) in [5.74, 6) is 0.212. The Kier molecular flexibility index (Phi) is 4.53. The van der Waals surface area contributed by atoms with E-state index < -0.39 is 0 Å². The molecule has 27 heavy (non-hydrogen) atoms. The lowest BCUT2D eigenvalue weighted by Gasteiger charge is -2.40. The third-order valence-electron chi connectivity index (χ3n) is 4.65. The van der Waals surface area contributed by atoms with Crippen molar-refractivity contribution in [3.8, 4) is 5.69 Å². The molecule has 7 nitrogen and oxygen atoms in total. The summed E-state index contributed by atoms with van der Waals surface area (Å²) >= 11 is 0. The number of benzene rings is 1. The molecule has 1 fully saturated rings. The molecule has 0 radical (unpaired) electrons. The summed E-state index contributed by atoms with van der Waals surface area (Å²) in [7, 11) is 0. The molecule has 0 bridgehead atoms. The number of hydrogen-bond donors (Lipinski definition) is 0. The molecule has 2 aromatic heterocycles. The molecule has 1 aromatic carbocycles. The Labute approximate surface area is 156 Å². The van der Waals surface area contributed by atoms with E-state index in [-0.39, 0.29) is 17.8 Å². The fourth-order valence-corrected chi connectivity index (χ4v) is 3.25. The minimum Gasteiger partial charge on any atom is -0.350 e. The van der Waals surface area contributed by atoms with Crippen molar-refractivity contribution in [2.45, 2.75) is 13.0 Å². The number of nitrogens with zero attached hydrogens (tertiary/aromatic N) is 6. The normalized spacial score (nSPS) is 17.2. The number of carbonyl (C=O) groups excluding carboxylic acids is 1. The van der Waals surface area contributed by atoms with E-state index in [1.807, 2.05) is 37.3 Å². The highest BCUT2D eigenvalue weighted by molar-refractivity contribution is 5.92. The first-order valence-electron chi connectivity index (χ1n) is 8.77. The molecule has 0 aliphatic carbocycles. The number of amides is 1. The summed E-state index contributed by atoms with van der Waals surface area (Å²) in [5, 5.41) is 8.09. The number of para-hydroxylation sites is 1. The van der Waals surface area contributed by atoms with Gasteiger partial charge in [0.15, 0.2) is 5.69 Å². The molecule has 1 unspecified atom stereocenters. The van der Waals surface area contributed by atoms with E-state index in [1.54, 1.807) is 21.8 Å². The van der Waals surface area contributed by atoms with Gasteiger partial charge in [0.25, 0.3) is 5.91 Å². The minimum atomic E-state index is -0.360. The highest BCUT2D eigenvalue weighted by Crippen LogP contribution is 2.19. The van der Waals surface area contributed by atoms with Crippen LogP contribution in [0.15, 0.2) is 54.9 Å². The smallest absolute Gasteiger partial charge is 0.276 e. The van der Waals surface area contributed by atoms with Crippen molar-refractivity contribution in [3.63, 3.8) is 0 Å². The van der Waals surface area contributed by atoms with Crippen molar-refractivity contribution >= 4 is 11.7 Å². The summed E-state index contributed by atoms with van der Waals surface area (Å²) in [6.07, 6.45) is 2.86. The van der Waals surface area contributed by atoms with Crippen LogP contribution >= 0.6 is 0 Å². The largest absolute Gasteiger partial charge is 0.350 e. The molecule has 1 saturated heterocycles. The van der Waals surface area contributed by atoms with Gasteiger partial charge in [-0.05, 0) is 31.2 Å². The molecule has 1 aliphatic rings. The predicted octanol–water partition coefficient (Wildman–Crippen LogP) is 2.15. The predicted molar refractivity (Wildman–Crippen MR) is 98.3 cm³/mol. The van der Waals surface area contributed by atoms with E-state index >= 15 is 0 Å². The number of hydrogen-bond acceptors (Lipinski definition) is 5. The average molecular weight is 366 g/mol. The van der Waals surface area contributed by atoms with Gasteiger partial charge in [-0.3, -0.25) is 4.79 Å². The van der Waals surface area contributed by atoms with Gasteiger partial charge >= 0.3 is 0 Å². The van der Waals surface area contributed by atoms with Gasteiger partial charge in [0, 0.05) is 25.7 Å². The number of aromatic nitrogens is 4. The Morgan fingerprint density at radius 1 is 1.15 bits per heavy atom. The fraction of sp³-hybridized carbons (Fsp3) is 0.263. The van der Waals surface area contributed by atoms with Crippen LogP contribution in [-0.4, -0.2) is 56.5 Å². The maximum absolute atomic E-state index is 13.1. The van der Waals surface area contributed by atoms with Crippen LogP contribution in [0.2, 0.25) is 0 Å². The van der Waals surface area contributed by atoms with Crippen LogP contribution in [0.3, 0.4) is 0 Å². The number of carbonyl (C=O) groups is 1. The molecule has 138 valence electrons. The quantitative estimate of drug-likeness (QED) is 0.711. The summed E-state index contributed by atoms with van der Waals surface area (Å²) in [6.45, 7) is 3.72. The van der Waals surface area contributed by atoms with Crippen molar-refractivity contribution in [2.24, 2.45) is 0 Å². The van der Waals surface area contributed by atoms with Crippen LogP contribution in [-0.2, 0) is 0 Å². The van der Waals surface area contributed by atoms with Gasteiger partial charge in [0.1, 0.15) is 11.6 Å².